The minimum Gasteiger partial charge on any atom is -0.522 e. The first-order chi connectivity index (χ1) is 9.42. The van der Waals surface area contributed by atoms with Crippen LogP contribution in [-0.2, 0) is 0 Å². The van der Waals surface area contributed by atoms with Crippen molar-refractivity contribution >= 4 is 6.98 Å². The molecule has 0 aromatic heterocycles. The van der Waals surface area contributed by atoms with E-state index in [0.717, 1.165) is 5.56 Å². The normalized spacial score (nSPS) is 10.7. The molecule has 2 rings (SSSR count). The van der Waals surface area contributed by atoms with Crippen LogP contribution in [0.3, 0.4) is 0 Å². The van der Waals surface area contributed by atoms with E-state index >= 15 is 0 Å². The summed E-state index contributed by atoms with van der Waals surface area (Å²) in [7, 11) is 0. The van der Waals surface area contributed by atoms with Crippen molar-refractivity contribution in [3.63, 3.8) is 0 Å². The van der Waals surface area contributed by atoms with E-state index in [1.165, 1.54) is 12.1 Å². The Hall–Kier alpha value is -0.469. The number of rotatable bonds is 5. The molecule has 21 heavy (non-hydrogen) atoms. The van der Waals surface area contributed by atoms with E-state index in [-0.39, 0.29) is 57.1 Å². The van der Waals surface area contributed by atoms with Crippen LogP contribution in [0.15, 0.2) is 48.5 Å². The Labute approximate surface area is 164 Å². The second-order valence-corrected chi connectivity index (χ2v) is 4.41. The van der Waals surface area contributed by atoms with Crippen molar-refractivity contribution in [2.24, 2.45) is 0 Å². The van der Waals surface area contributed by atoms with Gasteiger partial charge in [0.2, 0.25) is 0 Å². The van der Waals surface area contributed by atoms with Crippen LogP contribution in [0.4, 0.5) is 12.9 Å². The molecule has 2 aromatic carbocycles. The third kappa shape index (κ3) is 6.88. The first-order valence-electron chi connectivity index (χ1n) is 6.11. The summed E-state index contributed by atoms with van der Waals surface area (Å²) >= 11 is 0. The van der Waals surface area contributed by atoms with Crippen molar-refractivity contribution in [2.75, 3.05) is 6.51 Å². The standard InChI is InChI=1S/C14H13BF3O2.K/c1-11-2-4-13(5-3-11)20-14-8-6-12(7-9-14)19-10-15(16,17)18;/h2-9H,10H2,1H3;/q-1;+1. The maximum absolute atomic E-state index is 12.1. The van der Waals surface area contributed by atoms with E-state index in [0.29, 0.717) is 11.5 Å². The molecule has 0 amide bonds. The van der Waals surface area contributed by atoms with Crippen LogP contribution in [0.25, 0.3) is 0 Å². The third-order valence-electron chi connectivity index (χ3n) is 2.52. The number of hydrogen-bond donors (Lipinski definition) is 0. The molecule has 0 saturated heterocycles. The molecule has 0 spiro atoms. The van der Waals surface area contributed by atoms with E-state index in [1.54, 1.807) is 12.1 Å². The third-order valence-corrected chi connectivity index (χ3v) is 2.52. The van der Waals surface area contributed by atoms with Crippen LogP contribution in [0.2, 0.25) is 0 Å². The van der Waals surface area contributed by atoms with Gasteiger partial charge in [0.25, 0.3) is 0 Å². The van der Waals surface area contributed by atoms with Crippen molar-refractivity contribution < 1.29 is 73.8 Å². The van der Waals surface area contributed by atoms with Crippen LogP contribution in [0, 0.1) is 6.92 Å². The second kappa shape index (κ2) is 8.24. The van der Waals surface area contributed by atoms with Crippen LogP contribution in [-0.4, -0.2) is 13.5 Å². The van der Waals surface area contributed by atoms with Crippen LogP contribution >= 0.6 is 0 Å². The molecule has 0 aliphatic rings. The van der Waals surface area contributed by atoms with E-state index in [4.69, 9.17) is 4.74 Å². The molecule has 0 heterocycles. The van der Waals surface area contributed by atoms with Crippen LogP contribution in [0.5, 0.6) is 17.2 Å². The van der Waals surface area contributed by atoms with Crippen LogP contribution < -0.4 is 60.9 Å². The van der Waals surface area contributed by atoms with Gasteiger partial charge >= 0.3 is 58.4 Å². The average molecular weight is 320 g/mol. The summed E-state index contributed by atoms with van der Waals surface area (Å²) in [5.74, 6) is 1.38. The van der Waals surface area contributed by atoms with Gasteiger partial charge in [0.1, 0.15) is 17.2 Å². The first kappa shape index (κ1) is 18.6. The van der Waals surface area contributed by atoms with Gasteiger partial charge in [-0.1, -0.05) is 17.7 Å². The van der Waals surface area contributed by atoms with Gasteiger partial charge in [-0.3, -0.25) is 0 Å². The zero-order valence-corrected chi connectivity index (χ0v) is 15.0. The molecule has 0 saturated carbocycles. The smallest absolute Gasteiger partial charge is 0.522 e. The molecule has 0 aliphatic heterocycles. The summed E-state index contributed by atoms with van der Waals surface area (Å²) < 4.78 is 46.4. The van der Waals surface area contributed by atoms with Gasteiger partial charge in [0.15, 0.2) is 0 Å². The molecular formula is C14H13BF3KO2. The molecule has 2 nitrogen and oxygen atoms in total. The van der Waals surface area contributed by atoms with Crippen molar-refractivity contribution in [3.05, 3.63) is 54.1 Å². The Kier molecular flexibility index (Phi) is 7.29. The van der Waals surface area contributed by atoms with E-state index in [9.17, 15) is 12.9 Å². The molecule has 106 valence electrons. The molecule has 0 atom stereocenters. The molecule has 0 unspecified atom stereocenters. The number of hydrogen-bond acceptors (Lipinski definition) is 2. The summed E-state index contributed by atoms with van der Waals surface area (Å²) in [6.45, 7) is -4.21. The number of halogens is 3. The number of ether oxygens (including phenoxy) is 2. The van der Waals surface area contributed by atoms with Crippen LogP contribution in [0.1, 0.15) is 5.56 Å². The summed E-state index contributed by atoms with van der Waals surface area (Å²) in [5.41, 5.74) is 1.12. The predicted molar refractivity (Wildman–Crippen MR) is 72.3 cm³/mol. The molecule has 0 N–H and O–H groups in total. The van der Waals surface area contributed by atoms with Gasteiger partial charge in [0, 0.05) is 0 Å². The molecule has 2 aromatic rings. The Balaban J connectivity index is 0.00000220. The van der Waals surface area contributed by atoms with E-state index < -0.39 is 13.5 Å². The topological polar surface area (TPSA) is 18.5 Å². The second-order valence-electron chi connectivity index (χ2n) is 4.41. The van der Waals surface area contributed by atoms with Gasteiger partial charge < -0.3 is 22.4 Å². The number of benzene rings is 2. The van der Waals surface area contributed by atoms with E-state index in [1.807, 2.05) is 31.2 Å². The summed E-state index contributed by atoms with van der Waals surface area (Å²) in [6, 6.07) is 13.5. The van der Waals surface area contributed by atoms with Crippen molar-refractivity contribution in [2.45, 2.75) is 6.92 Å². The largest absolute Gasteiger partial charge is 1.00 e. The molecular weight excluding hydrogens is 307 g/mol. The molecule has 0 fully saturated rings. The van der Waals surface area contributed by atoms with Gasteiger partial charge in [-0.2, -0.15) is 0 Å². The summed E-state index contributed by atoms with van der Waals surface area (Å²) in [5, 5.41) is 0. The molecule has 7 heteroatoms. The fourth-order valence-electron chi connectivity index (χ4n) is 1.54. The Morgan fingerprint density at radius 1 is 0.810 bits per heavy atom. The average Bonchev–Trinajstić information content (AvgIpc) is 2.40. The van der Waals surface area contributed by atoms with Gasteiger partial charge in [-0.05, 0) is 43.3 Å². The first-order valence-corrected chi connectivity index (χ1v) is 6.11. The fourth-order valence-corrected chi connectivity index (χ4v) is 1.54. The summed E-state index contributed by atoms with van der Waals surface area (Å²) in [6.07, 6.45) is 0. The zero-order valence-electron chi connectivity index (χ0n) is 11.9. The zero-order chi connectivity index (χ0) is 14.6. The summed E-state index contributed by atoms with van der Waals surface area (Å²) in [4.78, 5) is 0. The molecule has 0 radical (unpaired) electrons. The van der Waals surface area contributed by atoms with Crippen molar-refractivity contribution in [3.8, 4) is 17.2 Å². The number of aryl methyl sites for hydroxylation is 1. The predicted octanol–water partition coefficient (Wildman–Crippen LogP) is 1.56. The van der Waals surface area contributed by atoms with Gasteiger partial charge in [-0.25, -0.2) is 0 Å². The van der Waals surface area contributed by atoms with Gasteiger partial charge in [0.05, 0.1) is 6.51 Å². The van der Waals surface area contributed by atoms with Crippen molar-refractivity contribution in [1.82, 2.24) is 0 Å². The van der Waals surface area contributed by atoms with Crippen molar-refractivity contribution in [1.29, 1.82) is 0 Å². The molecule has 0 bridgehead atoms. The molecule has 0 aliphatic carbocycles. The Morgan fingerprint density at radius 3 is 1.71 bits per heavy atom. The maximum Gasteiger partial charge on any atom is 1.00 e. The Bertz CT molecular complexity index is 556. The minimum atomic E-state index is -4.94. The Morgan fingerprint density at radius 2 is 1.24 bits per heavy atom. The minimum absolute atomic E-state index is 0. The monoisotopic (exact) mass is 320 g/mol. The SMILES string of the molecule is Cc1ccc(Oc2ccc(OC[B-](F)(F)F)cc2)cc1.[K+]. The van der Waals surface area contributed by atoms with E-state index in [2.05, 4.69) is 4.74 Å². The quantitative estimate of drug-likeness (QED) is 0.779. The van der Waals surface area contributed by atoms with Gasteiger partial charge in [-0.15, -0.1) is 0 Å². The fraction of sp³-hybridized carbons (Fsp3) is 0.143. The maximum atomic E-state index is 12.1.